The maximum absolute atomic E-state index is 11.0. The summed E-state index contributed by atoms with van der Waals surface area (Å²) in [7, 11) is 0. The fourth-order valence-corrected chi connectivity index (χ4v) is 2.45. The number of nitrogens with one attached hydrogen (secondary N) is 1. The van der Waals surface area contributed by atoms with Gasteiger partial charge in [-0.2, -0.15) is 0 Å². The van der Waals surface area contributed by atoms with Crippen molar-refractivity contribution in [1.29, 1.82) is 0 Å². The summed E-state index contributed by atoms with van der Waals surface area (Å²) in [5.74, 6) is 0. The first-order valence-corrected chi connectivity index (χ1v) is 7.55. The van der Waals surface area contributed by atoms with Gasteiger partial charge in [-0.3, -0.25) is 10.1 Å². The number of benzene rings is 2. The zero-order valence-electron chi connectivity index (χ0n) is 10.1. The molecule has 0 spiro atoms. The van der Waals surface area contributed by atoms with Crippen LogP contribution < -0.4 is 5.32 Å². The van der Waals surface area contributed by atoms with Gasteiger partial charge in [-0.05, 0) is 45.8 Å². The molecule has 0 radical (unpaired) electrons. The van der Waals surface area contributed by atoms with Gasteiger partial charge in [-0.1, -0.05) is 33.6 Å². The van der Waals surface area contributed by atoms with E-state index in [1.807, 2.05) is 18.2 Å². The standard InChI is InChI=1S/C13H9Br2ClN2O2/c14-9-2-4-12(13(6-9)18(19)20)17-7-8-1-3-10(15)11(16)5-8/h1-6,17H,7H2. The molecule has 1 N–H and O–H groups in total. The quantitative estimate of drug-likeness (QED) is 0.533. The van der Waals surface area contributed by atoms with Crippen LogP contribution in [-0.2, 0) is 6.54 Å². The zero-order valence-corrected chi connectivity index (χ0v) is 14.0. The minimum absolute atomic E-state index is 0.0302. The molecular formula is C13H9Br2ClN2O2. The minimum Gasteiger partial charge on any atom is -0.375 e. The van der Waals surface area contributed by atoms with E-state index in [2.05, 4.69) is 37.2 Å². The van der Waals surface area contributed by atoms with E-state index in [1.54, 1.807) is 12.1 Å². The van der Waals surface area contributed by atoms with Crippen LogP contribution in [-0.4, -0.2) is 4.92 Å². The molecule has 20 heavy (non-hydrogen) atoms. The topological polar surface area (TPSA) is 55.2 Å². The van der Waals surface area contributed by atoms with Gasteiger partial charge in [0.2, 0.25) is 0 Å². The number of hydrogen-bond acceptors (Lipinski definition) is 3. The lowest BCUT2D eigenvalue weighted by Crippen LogP contribution is -2.02. The highest BCUT2D eigenvalue weighted by Crippen LogP contribution is 2.29. The van der Waals surface area contributed by atoms with Crippen LogP contribution in [0.5, 0.6) is 0 Å². The van der Waals surface area contributed by atoms with Crippen molar-refractivity contribution in [3.8, 4) is 0 Å². The molecule has 0 fully saturated rings. The van der Waals surface area contributed by atoms with Gasteiger partial charge < -0.3 is 5.32 Å². The van der Waals surface area contributed by atoms with E-state index in [9.17, 15) is 10.1 Å². The lowest BCUT2D eigenvalue weighted by molar-refractivity contribution is -0.384. The molecule has 0 saturated heterocycles. The summed E-state index contributed by atoms with van der Waals surface area (Å²) < 4.78 is 1.49. The summed E-state index contributed by atoms with van der Waals surface area (Å²) in [6, 6.07) is 10.4. The predicted molar refractivity (Wildman–Crippen MR) is 87.3 cm³/mol. The number of nitrogens with zero attached hydrogens (tertiary/aromatic N) is 1. The molecule has 0 aliphatic carbocycles. The van der Waals surface area contributed by atoms with Crippen LogP contribution >= 0.6 is 43.5 Å². The van der Waals surface area contributed by atoms with Crippen molar-refractivity contribution >= 4 is 54.8 Å². The molecule has 0 amide bonds. The Morgan fingerprint density at radius 2 is 1.95 bits per heavy atom. The van der Waals surface area contributed by atoms with E-state index < -0.39 is 4.92 Å². The smallest absolute Gasteiger partial charge is 0.293 e. The summed E-state index contributed by atoms with van der Waals surface area (Å²) in [5, 5.41) is 14.7. The van der Waals surface area contributed by atoms with Gasteiger partial charge in [0.25, 0.3) is 5.69 Å². The van der Waals surface area contributed by atoms with Gasteiger partial charge in [-0.25, -0.2) is 0 Å². The maximum atomic E-state index is 11.0. The molecule has 0 aromatic heterocycles. The Labute approximate surface area is 137 Å². The van der Waals surface area contributed by atoms with Crippen molar-refractivity contribution in [2.24, 2.45) is 0 Å². The van der Waals surface area contributed by atoms with E-state index >= 15 is 0 Å². The second-order valence-electron chi connectivity index (χ2n) is 4.02. The van der Waals surface area contributed by atoms with Gasteiger partial charge in [0.1, 0.15) is 5.69 Å². The Hall–Kier alpha value is -1.11. The van der Waals surface area contributed by atoms with E-state index in [0.717, 1.165) is 10.0 Å². The molecule has 0 unspecified atom stereocenters. The number of halogens is 3. The third-order valence-corrected chi connectivity index (χ3v) is 4.35. The van der Waals surface area contributed by atoms with Crippen molar-refractivity contribution in [2.45, 2.75) is 6.54 Å². The van der Waals surface area contributed by atoms with Gasteiger partial charge in [0, 0.05) is 21.6 Å². The Balaban J connectivity index is 2.18. The largest absolute Gasteiger partial charge is 0.375 e. The summed E-state index contributed by atoms with van der Waals surface area (Å²) in [5.41, 5.74) is 1.44. The Morgan fingerprint density at radius 1 is 1.20 bits per heavy atom. The normalized spacial score (nSPS) is 10.3. The van der Waals surface area contributed by atoms with Crippen LogP contribution in [0.1, 0.15) is 5.56 Å². The van der Waals surface area contributed by atoms with Crippen LogP contribution in [0.3, 0.4) is 0 Å². The highest BCUT2D eigenvalue weighted by Gasteiger charge is 2.13. The second kappa shape index (κ2) is 6.56. The first-order chi connectivity index (χ1) is 9.47. The summed E-state index contributed by atoms with van der Waals surface area (Å²) in [6.07, 6.45) is 0. The van der Waals surface area contributed by atoms with Crippen LogP contribution in [0.4, 0.5) is 11.4 Å². The number of hydrogen-bond donors (Lipinski definition) is 1. The molecule has 0 aliphatic heterocycles. The highest BCUT2D eigenvalue weighted by atomic mass is 79.9. The van der Waals surface area contributed by atoms with Crippen LogP contribution in [0.15, 0.2) is 45.3 Å². The third kappa shape index (κ3) is 3.71. The fraction of sp³-hybridized carbons (Fsp3) is 0.0769. The van der Waals surface area contributed by atoms with Crippen LogP contribution in [0.25, 0.3) is 0 Å². The minimum atomic E-state index is -0.415. The van der Waals surface area contributed by atoms with E-state index in [0.29, 0.717) is 21.7 Å². The highest BCUT2D eigenvalue weighted by molar-refractivity contribution is 9.10. The molecule has 2 aromatic carbocycles. The van der Waals surface area contributed by atoms with Crippen LogP contribution in [0, 0.1) is 10.1 Å². The van der Waals surface area contributed by atoms with Gasteiger partial charge in [-0.15, -0.1) is 0 Å². The summed E-state index contributed by atoms with van der Waals surface area (Å²) in [4.78, 5) is 10.6. The number of rotatable bonds is 4. The lowest BCUT2D eigenvalue weighted by Gasteiger charge is -2.08. The van der Waals surface area contributed by atoms with Gasteiger partial charge >= 0.3 is 0 Å². The van der Waals surface area contributed by atoms with E-state index in [1.165, 1.54) is 6.07 Å². The Morgan fingerprint density at radius 3 is 2.60 bits per heavy atom. The number of nitro groups is 1. The van der Waals surface area contributed by atoms with Crippen molar-refractivity contribution < 1.29 is 4.92 Å². The molecule has 0 aliphatic rings. The monoisotopic (exact) mass is 418 g/mol. The average molecular weight is 420 g/mol. The van der Waals surface area contributed by atoms with Crippen LogP contribution in [0.2, 0.25) is 5.02 Å². The molecule has 4 nitrogen and oxygen atoms in total. The number of anilines is 1. The molecule has 0 atom stereocenters. The van der Waals surface area contributed by atoms with Crippen molar-refractivity contribution in [3.05, 3.63) is 66.0 Å². The molecule has 0 bridgehead atoms. The molecule has 0 saturated carbocycles. The fourth-order valence-electron chi connectivity index (χ4n) is 1.65. The van der Waals surface area contributed by atoms with Crippen molar-refractivity contribution in [3.63, 3.8) is 0 Å². The molecule has 2 aromatic rings. The number of nitro benzene ring substituents is 1. The van der Waals surface area contributed by atoms with E-state index in [-0.39, 0.29) is 5.69 Å². The second-order valence-corrected chi connectivity index (χ2v) is 6.20. The first-order valence-electron chi connectivity index (χ1n) is 5.59. The Kier molecular flexibility index (Phi) is 5.01. The summed E-state index contributed by atoms with van der Waals surface area (Å²) >= 11 is 12.5. The molecule has 104 valence electrons. The van der Waals surface area contributed by atoms with E-state index in [4.69, 9.17) is 11.6 Å². The average Bonchev–Trinajstić information content (AvgIpc) is 2.41. The third-order valence-electron chi connectivity index (χ3n) is 2.62. The lowest BCUT2D eigenvalue weighted by atomic mass is 10.2. The molecule has 7 heteroatoms. The molecule has 0 heterocycles. The SMILES string of the molecule is O=[N+]([O-])c1cc(Br)ccc1NCc1ccc(Br)c(Cl)c1. The predicted octanol–water partition coefficient (Wildman–Crippen LogP) is 5.39. The molecule has 2 rings (SSSR count). The van der Waals surface area contributed by atoms with Crippen molar-refractivity contribution in [2.75, 3.05) is 5.32 Å². The Bertz CT molecular complexity index is 665. The first kappa shape index (κ1) is 15.3. The van der Waals surface area contributed by atoms with Gasteiger partial charge in [0.05, 0.1) is 9.95 Å². The maximum Gasteiger partial charge on any atom is 0.293 e. The summed E-state index contributed by atoms with van der Waals surface area (Å²) in [6.45, 7) is 0.454. The molecular weight excluding hydrogens is 411 g/mol. The zero-order chi connectivity index (χ0) is 14.7. The van der Waals surface area contributed by atoms with Gasteiger partial charge in [0.15, 0.2) is 0 Å². The van der Waals surface area contributed by atoms with Crippen molar-refractivity contribution in [1.82, 2.24) is 0 Å².